The van der Waals surface area contributed by atoms with Gasteiger partial charge in [-0.2, -0.15) is 0 Å². The first-order valence-corrected chi connectivity index (χ1v) is 6.40. The highest BCUT2D eigenvalue weighted by Crippen LogP contribution is 2.05. The van der Waals surface area contributed by atoms with Crippen molar-refractivity contribution in [2.24, 2.45) is 0 Å². The second-order valence-corrected chi connectivity index (χ2v) is 3.86. The Morgan fingerprint density at radius 3 is 2.45 bits per heavy atom. The smallest absolute Gasteiger partial charge is 0.120 e. The minimum absolute atomic E-state index is 0.356. The molecule has 0 fully saturated rings. The van der Waals surface area contributed by atoms with Gasteiger partial charge in [0.15, 0.2) is 0 Å². The molecular formula is C18H16O2. The summed E-state index contributed by atoms with van der Waals surface area (Å²) in [5.74, 6) is 14.5. The number of carbonyl (C=O) groups excluding carboxylic acids is 1. The summed E-state index contributed by atoms with van der Waals surface area (Å²) in [6, 6.07) is 7.66. The van der Waals surface area contributed by atoms with Crippen LogP contribution in [0.25, 0.3) is 0 Å². The normalized spacial score (nSPS) is 8.55. The monoisotopic (exact) mass is 264 g/mol. The Balaban J connectivity index is 2.61. The maximum Gasteiger partial charge on any atom is 0.120 e. The third-order valence-electron chi connectivity index (χ3n) is 2.33. The van der Waals surface area contributed by atoms with Crippen molar-refractivity contribution >= 4 is 6.29 Å². The van der Waals surface area contributed by atoms with E-state index in [2.05, 4.69) is 29.6 Å². The molecule has 0 unspecified atom stereocenters. The molecule has 0 saturated carbocycles. The van der Waals surface area contributed by atoms with E-state index in [-0.39, 0.29) is 0 Å². The fourth-order valence-electron chi connectivity index (χ4n) is 1.38. The van der Waals surface area contributed by atoms with Crippen molar-refractivity contribution in [1.29, 1.82) is 0 Å². The predicted molar refractivity (Wildman–Crippen MR) is 79.8 cm³/mol. The largest absolute Gasteiger partial charge is 0.368 e. The van der Waals surface area contributed by atoms with E-state index >= 15 is 0 Å². The van der Waals surface area contributed by atoms with Crippen LogP contribution < -0.4 is 0 Å². The Morgan fingerprint density at radius 2 is 1.80 bits per heavy atom. The number of terminal acetylenes is 1. The summed E-state index contributed by atoms with van der Waals surface area (Å²) in [6.07, 6.45) is 7.62. The van der Waals surface area contributed by atoms with E-state index in [1.807, 2.05) is 24.3 Å². The van der Waals surface area contributed by atoms with Crippen LogP contribution in [-0.4, -0.2) is 19.5 Å². The van der Waals surface area contributed by atoms with Gasteiger partial charge in [0.05, 0.1) is 6.61 Å². The lowest BCUT2D eigenvalue weighted by atomic mass is 10.1. The molecule has 0 saturated heterocycles. The molecule has 0 aliphatic carbocycles. The zero-order chi connectivity index (χ0) is 14.5. The van der Waals surface area contributed by atoms with Crippen molar-refractivity contribution < 1.29 is 9.53 Å². The molecule has 100 valence electrons. The number of carbonyl (C=O) groups is 1. The fraction of sp³-hybridized carbons (Fsp3) is 0.278. The minimum atomic E-state index is 0.356. The Labute approximate surface area is 120 Å². The van der Waals surface area contributed by atoms with Crippen molar-refractivity contribution in [3.63, 3.8) is 0 Å². The first kappa shape index (κ1) is 15.6. The van der Waals surface area contributed by atoms with Crippen LogP contribution in [0, 0.1) is 36.0 Å². The van der Waals surface area contributed by atoms with Crippen LogP contribution in [0.15, 0.2) is 24.3 Å². The average molecular weight is 264 g/mol. The molecule has 0 aliphatic heterocycles. The molecule has 0 radical (unpaired) electrons. The molecule has 1 rings (SSSR count). The Bertz CT molecular complexity index is 586. The second-order valence-electron chi connectivity index (χ2n) is 3.86. The molecule has 0 bridgehead atoms. The minimum Gasteiger partial charge on any atom is -0.368 e. The standard InChI is InChI=1S/C18H16O2/c1-2-3-15-20-16-9-13-18-12-7-6-11-17(18)10-5-4-8-14-19/h1,6-7,11-12,14H,3-4,8,15-16H2. The summed E-state index contributed by atoms with van der Waals surface area (Å²) in [7, 11) is 0. The zero-order valence-corrected chi connectivity index (χ0v) is 11.3. The molecule has 0 spiro atoms. The van der Waals surface area contributed by atoms with Crippen LogP contribution in [0.2, 0.25) is 0 Å². The molecule has 0 aromatic heterocycles. The van der Waals surface area contributed by atoms with Gasteiger partial charge in [0.2, 0.25) is 0 Å². The molecule has 0 amide bonds. The molecule has 20 heavy (non-hydrogen) atoms. The number of aldehydes is 1. The van der Waals surface area contributed by atoms with Gasteiger partial charge in [-0.25, -0.2) is 0 Å². The van der Waals surface area contributed by atoms with Gasteiger partial charge in [-0.15, -0.1) is 12.3 Å². The van der Waals surface area contributed by atoms with Crippen molar-refractivity contribution in [3.8, 4) is 36.0 Å². The molecule has 0 heterocycles. The summed E-state index contributed by atoms with van der Waals surface area (Å²) in [5, 5.41) is 0. The van der Waals surface area contributed by atoms with E-state index < -0.39 is 0 Å². The highest BCUT2D eigenvalue weighted by molar-refractivity contribution is 5.52. The zero-order valence-electron chi connectivity index (χ0n) is 11.3. The first-order valence-electron chi connectivity index (χ1n) is 6.40. The number of hydrogen-bond donors (Lipinski definition) is 0. The van der Waals surface area contributed by atoms with Crippen LogP contribution in [0.3, 0.4) is 0 Å². The molecule has 0 aliphatic rings. The summed E-state index contributed by atoms with van der Waals surface area (Å²) in [5.41, 5.74) is 1.74. The van der Waals surface area contributed by atoms with Crippen molar-refractivity contribution in [2.75, 3.05) is 13.2 Å². The summed E-state index contributed by atoms with van der Waals surface area (Å²) < 4.78 is 5.26. The Hall–Kier alpha value is -2.47. The van der Waals surface area contributed by atoms with E-state index in [4.69, 9.17) is 11.2 Å². The van der Waals surface area contributed by atoms with Gasteiger partial charge in [-0.05, 0) is 12.1 Å². The van der Waals surface area contributed by atoms with E-state index in [9.17, 15) is 4.79 Å². The second kappa shape index (κ2) is 10.5. The third kappa shape index (κ3) is 6.46. The quantitative estimate of drug-likeness (QED) is 0.464. The maximum absolute atomic E-state index is 10.2. The highest BCUT2D eigenvalue weighted by atomic mass is 16.5. The molecule has 1 aromatic rings. The molecule has 0 atom stereocenters. The van der Waals surface area contributed by atoms with Crippen molar-refractivity contribution in [2.45, 2.75) is 19.3 Å². The topological polar surface area (TPSA) is 26.3 Å². The molecule has 1 aromatic carbocycles. The lowest BCUT2D eigenvalue weighted by Crippen LogP contribution is -1.93. The SMILES string of the molecule is C#CCCOCC#Cc1ccccc1C#CCCC=O. The van der Waals surface area contributed by atoms with Crippen LogP contribution in [0.1, 0.15) is 30.4 Å². The highest BCUT2D eigenvalue weighted by Gasteiger charge is 1.93. The third-order valence-corrected chi connectivity index (χ3v) is 2.33. The average Bonchev–Trinajstić information content (AvgIpc) is 2.48. The Morgan fingerprint density at radius 1 is 1.10 bits per heavy atom. The van der Waals surface area contributed by atoms with Gasteiger partial charge in [-0.1, -0.05) is 35.8 Å². The lowest BCUT2D eigenvalue weighted by Gasteiger charge is -1.96. The van der Waals surface area contributed by atoms with Crippen LogP contribution in [0.4, 0.5) is 0 Å². The van der Waals surface area contributed by atoms with Crippen molar-refractivity contribution in [1.82, 2.24) is 0 Å². The van der Waals surface area contributed by atoms with Gasteiger partial charge in [0, 0.05) is 30.4 Å². The number of hydrogen-bond acceptors (Lipinski definition) is 2. The van der Waals surface area contributed by atoms with Gasteiger partial charge in [-0.3, -0.25) is 0 Å². The van der Waals surface area contributed by atoms with Gasteiger partial charge < -0.3 is 9.53 Å². The van der Waals surface area contributed by atoms with Gasteiger partial charge in [0.1, 0.15) is 12.9 Å². The van der Waals surface area contributed by atoms with Crippen LogP contribution in [-0.2, 0) is 9.53 Å². The number of benzene rings is 1. The van der Waals surface area contributed by atoms with Crippen LogP contribution >= 0.6 is 0 Å². The number of ether oxygens (including phenoxy) is 1. The maximum atomic E-state index is 10.2. The predicted octanol–water partition coefficient (Wildman–Crippen LogP) is 2.41. The fourth-order valence-corrected chi connectivity index (χ4v) is 1.38. The van der Waals surface area contributed by atoms with E-state index in [1.165, 1.54) is 0 Å². The van der Waals surface area contributed by atoms with Crippen LogP contribution in [0.5, 0.6) is 0 Å². The lowest BCUT2D eigenvalue weighted by molar-refractivity contribution is -0.107. The summed E-state index contributed by atoms with van der Waals surface area (Å²) >= 11 is 0. The number of rotatable bonds is 5. The Kier molecular flexibility index (Phi) is 8.15. The summed E-state index contributed by atoms with van der Waals surface area (Å²) in [6.45, 7) is 0.882. The van der Waals surface area contributed by atoms with Gasteiger partial charge >= 0.3 is 0 Å². The van der Waals surface area contributed by atoms with Gasteiger partial charge in [0.25, 0.3) is 0 Å². The molecular weight excluding hydrogens is 248 g/mol. The first-order chi connectivity index (χ1) is 9.88. The van der Waals surface area contributed by atoms with E-state index in [1.54, 1.807) is 0 Å². The van der Waals surface area contributed by atoms with E-state index in [0.29, 0.717) is 32.5 Å². The molecule has 2 heteroatoms. The molecule has 2 nitrogen and oxygen atoms in total. The van der Waals surface area contributed by atoms with Crippen molar-refractivity contribution in [3.05, 3.63) is 35.4 Å². The summed E-state index contributed by atoms with van der Waals surface area (Å²) in [4.78, 5) is 10.2. The number of unbranched alkanes of at least 4 members (excludes halogenated alkanes) is 1. The van der Waals surface area contributed by atoms with E-state index in [0.717, 1.165) is 17.4 Å². The molecule has 0 N–H and O–H groups in total.